The highest BCUT2D eigenvalue weighted by Crippen LogP contribution is 2.41. The number of amides is 1. The van der Waals surface area contributed by atoms with E-state index in [1.54, 1.807) is 0 Å². The Morgan fingerprint density at radius 2 is 1.42 bits per heavy atom. The first kappa shape index (κ1) is 23.7. The fourth-order valence-electron chi connectivity index (χ4n) is 5.01. The summed E-state index contributed by atoms with van der Waals surface area (Å²) in [5.41, 5.74) is 4.38. The van der Waals surface area contributed by atoms with Crippen molar-refractivity contribution in [1.82, 2.24) is 4.90 Å². The van der Waals surface area contributed by atoms with Gasteiger partial charge in [0.1, 0.15) is 11.4 Å². The lowest BCUT2D eigenvalue weighted by Crippen LogP contribution is -2.56. The molecule has 1 amide bonds. The number of carbonyl (C=O) groups is 1. The summed E-state index contributed by atoms with van der Waals surface area (Å²) in [6.07, 6.45) is 2.68. The molecule has 0 spiro atoms. The predicted octanol–water partition coefficient (Wildman–Crippen LogP) is 7.03. The first-order valence-corrected chi connectivity index (χ1v) is 12.7. The number of para-hydroxylation sites is 1. The standard InChI is InChI=1S/C32H32N2O2/c1-2-32(27-19-21-28(22-20-27)36-23-11-16-25-12-5-3-6-13-25)33-30-18-10-9-17-29(30)31(35)34(32)24-26-14-7-4-8-15-26/h3-10,12-15,17-22,33H,2,11,16,23-24H2,1H3. The third-order valence-electron chi connectivity index (χ3n) is 6.95. The number of hydrogen-bond donors (Lipinski definition) is 1. The lowest BCUT2D eigenvalue weighted by atomic mass is 9.89. The molecule has 1 N–H and O–H groups in total. The van der Waals surface area contributed by atoms with E-state index in [0.717, 1.165) is 41.8 Å². The number of nitrogens with zero attached hydrogens (tertiary/aromatic N) is 1. The van der Waals surface area contributed by atoms with Gasteiger partial charge in [0.2, 0.25) is 0 Å². The van der Waals surface area contributed by atoms with Crippen molar-refractivity contribution in [2.24, 2.45) is 0 Å². The highest BCUT2D eigenvalue weighted by Gasteiger charge is 2.44. The quantitative estimate of drug-likeness (QED) is 0.264. The molecule has 5 rings (SSSR count). The minimum Gasteiger partial charge on any atom is -0.494 e. The van der Waals surface area contributed by atoms with Gasteiger partial charge in [0.15, 0.2) is 0 Å². The van der Waals surface area contributed by atoms with E-state index >= 15 is 0 Å². The Morgan fingerprint density at radius 1 is 0.778 bits per heavy atom. The minimum atomic E-state index is -0.660. The van der Waals surface area contributed by atoms with Gasteiger partial charge in [0.05, 0.1) is 12.2 Å². The molecule has 1 unspecified atom stereocenters. The van der Waals surface area contributed by atoms with Crippen LogP contribution in [0.3, 0.4) is 0 Å². The molecular weight excluding hydrogens is 444 g/mol. The molecule has 0 fully saturated rings. The molecule has 4 heteroatoms. The van der Waals surface area contributed by atoms with Crippen LogP contribution in [0, 0.1) is 0 Å². The average molecular weight is 477 g/mol. The van der Waals surface area contributed by atoms with Crippen LogP contribution in [0.15, 0.2) is 109 Å². The summed E-state index contributed by atoms with van der Waals surface area (Å²) < 4.78 is 6.04. The fraction of sp³-hybridized carbons (Fsp3) is 0.219. The Labute approximate surface area is 213 Å². The zero-order valence-corrected chi connectivity index (χ0v) is 20.7. The SMILES string of the molecule is CCC1(c2ccc(OCCCc3ccccc3)cc2)Nc2ccccc2C(=O)N1Cc1ccccc1. The van der Waals surface area contributed by atoms with Crippen LogP contribution < -0.4 is 10.1 Å². The molecule has 4 aromatic rings. The second kappa shape index (κ2) is 10.7. The van der Waals surface area contributed by atoms with Crippen molar-refractivity contribution in [2.45, 2.75) is 38.4 Å². The highest BCUT2D eigenvalue weighted by atomic mass is 16.5. The van der Waals surface area contributed by atoms with Gasteiger partial charge in [-0.2, -0.15) is 0 Å². The number of anilines is 1. The topological polar surface area (TPSA) is 41.6 Å². The molecule has 1 aliphatic rings. The maximum absolute atomic E-state index is 13.8. The second-order valence-electron chi connectivity index (χ2n) is 9.22. The van der Waals surface area contributed by atoms with E-state index in [0.29, 0.717) is 18.7 Å². The molecule has 182 valence electrons. The Morgan fingerprint density at radius 3 is 2.11 bits per heavy atom. The number of aryl methyl sites for hydroxylation is 1. The van der Waals surface area contributed by atoms with Crippen LogP contribution in [0.25, 0.3) is 0 Å². The molecule has 1 atom stereocenters. The number of nitrogens with one attached hydrogen (secondary N) is 1. The van der Waals surface area contributed by atoms with Gasteiger partial charge < -0.3 is 15.0 Å². The van der Waals surface area contributed by atoms with E-state index in [2.05, 4.69) is 60.8 Å². The van der Waals surface area contributed by atoms with Gasteiger partial charge in [-0.3, -0.25) is 4.79 Å². The van der Waals surface area contributed by atoms with Gasteiger partial charge in [-0.1, -0.05) is 91.9 Å². The third-order valence-corrected chi connectivity index (χ3v) is 6.95. The molecule has 0 saturated carbocycles. The Kier molecular flexibility index (Phi) is 7.03. The summed E-state index contributed by atoms with van der Waals surface area (Å²) in [5.74, 6) is 0.881. The van der Waals surface area contributed by atoms with Gasteiger partial charge >= 0.3 is 0 Å². The van der Waals surface area contributed by atoms with Gasteiger partial charge in [0.25, 0.3) is 5.91 Å². The van der Waals surface area contributed by atoms with Crippen molar-refractivity contribution in [3.63, 3.8) is 0 Å². The first-order valence-electron chi connectivity index (χ1n) is 12.7. The van der Waals surface area contributed by atoms with Crippen molar-refractivity contribution in [3.05, 3.63) is 131 Å². The maximum Gasteiger partial charge on any atom is 0.258 e. The van der Waals surface area contributed by atoms with E-state index in [1.165, 1.54) is 5.56 Å². The van der Waals surface area contributed by atoms with Crippen molar-refractivity contribution in [3.8, 4) is 5.75 Å². The smallest absolute Gasteiger partial charge is 0.258 e. The molecule has 4 nitrogen and oxygen atoms in total. The number of hydrogen-bond acceptors (Lipinski definition) is 3. The summed E-state index contributed by atoms with van der Waals surface area (Å²) >= 11 is 0. The molecular formula is C32H32N2O2. The number of fused-ring (bicyclic) bond motifs is 1. The zero-order valence-electron chi connectivity index (χ0n) is 20.7. The van der Waals surface area contributed by atoms with Crippen LogP contribution in [-0.2, 0) is 18.6 Å². The van der Waals surface area contributed by atoms with E-state index in [9.17, 15) is 4.79 Å². The zero-order chi connectivity index (χ0) is 24.8. The number of ether oxygens (including phenoxy) is 1. The molecule has 1 aliphatic heterocycles. The van der Waals surface area contributed by atoms with E-state index in [1.807, 2.05) is 65.6 Å². The van der Waals surface area contributed by atoms with Crippen LogP contribution in [0.4, 0.5) is 5.69 Å². The number of benzene rings is 4. The summed E-state index contributed by atoms with van der Waals surface area (Å²) in [7, 11) is 0. The normalized spacial score (nSPS) is 16.8. The van der Waals surface area contributed by atoms with Gasteiger partial charge in [-0.05, 0) is 60.2 Å². The lowest BCUT2D eigenvalue weighted by molar-refractivity contribution is 0.0454. The monoisotopic (exact) mass is 476 g/mol. The lowest BCUT2D eigenvalue weighted by Gasteiger charge is -2.48. The fourth-order valence-corrected chi connectivity index (χ4v) is 5.01. The van der Waals surface area contributed by atoms with Gasteiger partial charge in [0, 0.05) is 12.2 Å². The summed E-state index contributed by atoms with van der Waals surface area (Å²) in [4.78, 5) is 15.8. The van der Waals surface area contributed by atoms with E-state index < -0.39 is 5.66 Å². The largest absolute Gasteiger partial charge is 0.494 e. The molecule has 0 radical (unpaired) electrons. The van der Waals surface area contributed by atoms with Crippen LogP contribution >= 0.6 is 0 Å². The Bertz CT molecular complexity index is 1290. The molecule has 0 aliphatic carbocycles. The molecule has 36 heavy (non-hydrogen) atoms. The molecule has 0 saturated heterocycles. The van der Waals surface area contributed by atoms with Gasteiger partial charge in [-0.25, -0.2) is 0 Å². The van der Waals surface area contributed by atoms with E-state index in [4.69, 9.17) is 4.74 Å². The van der Waals surface area contributed by atoms with Crippen molar-refractivity contribution in [2.75, 3.05) is 11.9 Å². The van der Waals surface area contributed by atoms with Crippen molar-refractivity contribution < 1.29 is 9.53 Å². The molecule has 0 aromatic heterocycles. The number of rotatable bonds is 9. The Hall–Kier alpha value is -4.05. The maximum atomic E-state index is 13.8. The average Bonchev–Trinajstić information content (AvgIpc) is 2.94. The predicted molar refractivity (Wildman–Crippen MR) is 145 cm³/mol. The van der Waals surface area contributed by atoms with Crippen LogP contribution in [-0.4, -0.2) is 17.4 Å². The molecule has 1 heterocycles. The van der Waals surface area contributed by atoms with Crippen LogP contribution in [0.2, 0.25) is 0 Å². The Balaban J connectivity index is 1.37. The first-order chi connectivity index (χ1) is 17.7. The van der Waals surface area contributed by atoms with Crippen LogP contribution in [0.1, 0.15) is 46.8 Å². The third kappa shape index (κ3) is 4.85. The van der Waals surface area contributed by atoms with Crippen molar-refractivity contribution in [1.29, 1.82) is 0 Å². The highest BCUT2D eigenvalue weighted by molar-refractivity contribution is 6.02. The summed E-state index contributed by atoms with van der Waals surface area (Å²) in [5, 5.41) is 3.73. The van der Waals surface area contributed by atoms with E-state index in [-0.39, 0.29) is 5.91 Å². The van der Waals surface area contributed by atoms with Crippen LogP contribution in [0.5, 0.6) is 5.75 Å². The summed E-state index contributed by atoms with van der Waals surface area (Å²) in [6.45, 7) is 3.31. The molecule has 4 aromatic carbocycles. The van der Waals surface area contributed by atoms with Crippen molar-refractivity contribution >= 4 is 11.6 Å². The van der Waals surface area contributed by atoms with Gasteiger partial charge in [-0.15, -0.1) is 0 Å². The summed E-state index contributed by atoms with van der Waals surface area (Å²) in [6, 6.07) is 36.6. The minimum absolute atomic E-state index is 0.0382. The molecule has 0 bridgehead atoms. The second-order valence-corrected chi connectivity index (χ2v) is 9.22. The number of carbonyl (C=O) groups excluding carboxylic acids is 1.